The summed E-state index contributed by atoms with van der Waals surface area (Å²) in [6.45, 7) is 17.8. The first-order valence-electron chi connectivity index (χ1n) is 8.34. The Morgan fingerprint density at radius 1 is 1.26 bits per heavy atom. The predicted octanol–water partition coefficient (Wildman–Crippen LogP) is 3.91. The van der Waals surface area contributed by atoms with Gasteiger partial charge < -0.3 is 5.32 Å². The maximum Gasteiger partial charge on any atom is 0.0221 e. The first-order chi connectivity index (χ1) is 8.87. The maximum absolute atomic E-state index is 3.79. The summed E-state index contributed by atoms with van der Waals surface area (Å²) >= 11 is 0. The Morgan fingerprint density at radius 3 is 2.47 bits per heavy atom. The van der Waals surface area contributed by atoms with Crippen molar-refractivity contribution in [1.29, 1.82) is 0 Å². The Labute approximate surface area is 121 Å². The van der Waals surface area contributed by atoms with Gasteiger partial charge in [0.25, 0.3) is 0 Å². The number of nitrogens with one attached hydrogen (secondary N) is 1. The standard InChI is InChI=1S/C17H36N2/c1-7-9-15-12-18-16(14(3)8-2)13-19(15)11-10-17(4,5)6/h14-16,18H,7-13H2,1-6H3. The molecule has 0 aromatic carbocycles. The van der Waals surface area contributed by atoms with Gasteiger partial charge in [-0.05, 0) is 30.7 Å². The van der Waals surface area contributed by atoms with E-state index in [1.807, 2.05) is 0 Å². The van der Waals surface area contributed by atoms with E-state index >= 15 is 0 Å². The fourth-order valence-corrected chi connectivity index (χ4v) is 2.92. The van der Waals surface area contributed by atoms with Gasteiger partial charge >= 0.3 is 0 Å². The van der Waals surface area contributed by atoms with E-state index in [0.29, 0.717) is 11.5 Å². The molecule has 3 unspecified atom stereocenters. The maximum atomic E-state index is 3.79. The Bertz CT molecular complexity index is 244. The Hall–Kier alpha value is -0.0800. The summed E-state index contributed by atoms with van der Waals surface area (Å²) in [6.07, 6.45) is 5.22. The van der Waals surface area contributed by atoms with Crippen molar-refractivity contribution in [3.05, 3.63) is 0 Å². The molecule has 1 heterocycles. The molecular weight excluding hydrogens is 232 g/mol. The van der Waals surface area contributed by atoms with Gasteiger partial charge in [0, 0.05) is 25.2 Å². The molecule has 1 aliphatic heterocycles. The Balaban J connectivity index is 2.57. The summed E-state index contributed by atoms with van der Waals surface area (Å²) in [7, 11) is 0. The minimum atomic E-state index is 0.452. The molecule has 0 aromatic rings. The molecule has 0 aromatic heterocycles. The van der Waals surface area contributed by atoms with Crippen LogP contribution in [0.5, 0.6) is 0 Å². The van der Waals surface area contributed by atoms with Crippen molar-refractivity contribution in [2.24, 2.45) is 11.3 Å². The summed E-state index contributed by atoms with van der Waals surface area (Å²) in [5, 5.41) is 3.79. The molecule has 0 spiro atoms. The van der Waals surface area contributed by atoms with Crippen molar-refractivity contribution in [3.63, 3.8) is 0 Å². The first kappa shape index (κ1) is 17.0. The summed E-state index contributed by atoms with van der Waals surface area (Å²) in [5.74, 6) is 0.791. The van der Waals surface area contributed by atoms with Gasteiger partial charge in [-0.25, -0.2) is 0 Å². The molecule has 114 valence electrons. The summed E-state index contributed by atoms with van der Waals surface area (Å²) in [5.41, 5.74) is 0.452. The molecule has 1 saturated heterocycles. The van der Waals surface area contributed by atoms with Crippen molar-refractivity contribution >= 4 is 0 Å². The molecular formula is C17H36N2. The molecule has 0 bridgehead atoms. The Kier molecular flexibility index (Phi) is 6.82. The third kappa shape index (κ3) is 5.83. The first-order valence-corrected chi connectivity index (χ1v) is 8.34. The predicted molar refractivity (Wildman–Crippen MR) is 85.6 cm³/mol. The molecule has 3 atom stereocenters. The van der Waals surface area contributed by atoms with Gasteiger partial charge in [-0.3, -0.25) is 4.90 Å². The zero-order valence-corrected chi connectivity index (χ0v) is 14.1. The van der Waals surface area contributed by atoms with Crippen LogP contribution in [0, 0.1) is 11.3 Å². The van der Waals surface area contributed by atoms with Crippen LogP contribution in [0.2, 0.25) is 0 Å². The highest BCUT2D eigenvalue weighted by molar-refractivity contribution is 4.88. The van der Waals surface area contributed by atoms with E-state index in [-0.39, 0.29) is 0 Å². The lowest BCUT2D eigenvalue weighted by molar-refractivity contribution is 0.0910. The van der Waals surface area contributed by atoms with Gasteiger partial charge in [0.1, 0.15) is 0 Å². The van der Waals surface area contributed by atoms with Crippen LogP contribution in [-0.4, -0.2) is 36.6 Å². The van der Waals surface area contributed by atoms with Crippen LogP contribution in [0.15, 0.2) is 0 Å². The van der Waals surface area contributed by atoms with Gasteiger partial charge in [0.15, 0.2) is 0 Å². The SMILES string of the molecule is CCCC1CNC(C(C)CC)CN1CCC(C)(C)C. The Morgan fingerprint density at radius 2 is 1.95 bits per heavy atom. The quantitative estimate of drug-likeness (QED) is 0.785. The lowest BCUT2D eigenvalue weighted by Gasteiger charge is -2.43. The van der Waals surface area contributed by atoms with E-state index in [9.17, 15) is 0 Å². The average Bonchev–Trinajstić information content (AvgIpc) is 2.36. The van der Waals surface area contributed by atoms with Gasteiger partial charge in [-0.2, -0.15) is 0 Å². The minimum Gasteiger partial charge on any atom is -0.311 e. The number of nitrogens with zero attached hydrogens (tertiary/aromatic N) is 1. The van der Waals surface area contributed by atoms with E-state index in [2.05, 4.69) is 51.8 Å². The highest BCUT2D eigenvalue weighted by Gasteiger charge is 2.29. The minimum absolute atomic E-state index is 0.452. The molecule has 0 aliphatic carbocycles. The molecule has 0 radical (unpaired) electrons. The van der Waals surface area contributed by atoms with Crippen LogP contribution < -0.4 is 5.32 Å². The number of hydrogen-bond acceptors (Lipinski definition) is 2. The highest BCUT2D eigenvalue weighted by Crippen LogP contribution is 2.23. The van der Waals surface area contributed by atoms with Gasteiger partial charge in [-0.15, -0.1) is 0 Å². The fraction of sp³-hybridized carbons (Fsp3) is 1.00. The summed E-state index contributed by atoms with van der Waals surface area (Å²) in [6, 6.07) is 1.45. The molecule has 1 N–H and O–H groups in total. The highest BCUT2D eigenvalue weighted by atomic mass is 15.2. The van der Waals surface area contributed by atoms with Gasteiger partial charge in [-0.1, -0.05) is 54.4 Å². The van der Waals surface area contributed by atoms with Gasteiger partial charge in [0.05, 0.1) is 0 Å². The van der Waals surface area contributed by atoms with Crippen LogP contribution in [0.4, 0.5) is 0 Å². The lowest BCUT2D eigenvalue weighted by Crippen LogP contribution is -2.58. The van der Waals surface area contributed by atoms with Crippen LogP contribution in [0.3, 0.4) is 0 Å². The summed E-state index contributed by atoms with van der Waals surface area (Å²) < 4.78 is 0. The van der Waals surface area contributed by atoms with Crippen molar-refractivity contribution in [1.82, 2.24) is 10.2 Å². The fourth-order valence-electron chi connectivity index (χ4n) is 2.92. The lowest BCUT2D eigenvalue weighted by atomic mass is 9.90. The van der Waals surface area contributed by atoms with Crippen molar-refractivity contribution in [2.45, 2.75) is 79.3 Å². The smallest absolute Gasteiger partial charge is 0.0221 e. The van der Waals surface area contributed by atoms with E-state index in [1.165, 1.54) is 45.3 Å². The second-order valence-corrected chi connectivity index (χ2v) is 7.65. The van der Waals surface area contributed by atoms with Crippen LogP contribution >= 0.6 is 0 Å². The monoisotopic (exact) mass is 268 g/mol. The van der Waals surface area contributed by atoms with E-state index in [4.69, 9.17) is 0 Å². The van der Waals surface area contributed by atoms with E-state index in [1.54, 1.807) is 0 Å². The van der Waals surface area contributed by atoms with Crippen LogP contribution in [0.1, 0.15) is 67.2 Å². The molecule has 2 heteroatoms. The largest absolute Gasteiger partial charge is 0.311 e. The van der Waals surface area contributed by atoms with Crippen molar-refractivity contribution in [2.75, 3.05) is 19.6 Å². The van der Waals surface area contributed by atoms with E-state index in [0.717, 1.165) is 12.0 Å². The van der Waals surface area contributed by atoms with Crippen LogP contribution in [-0.2, 0) is 0 Å². The molecule has 0 saturated carbocycles. The second kappa shape index (κ2) is 7.64. The molecule has 1 aliphatic rings. The van der Waals surface area contributed by atoms with Crippen molar-refractivity contribution < 1.29 is 0 Å². The van der Waals surface area contributed by atoms with Gasteiger partial charge in [0.2, 0.25) is 0 Å². The topological polar surface area (TPSA) is 15.3 Å². The zero-order chi connectivity index (χ0) is 14.5. The number of piperazine rings is 1. The third-order valence-electron chi connectivity index (χ3n) is 4.67. The molecule has 19 heavy (non-hydrogen) atoms. The van der Waals surface area contributed by atoms with Crippen molar-refractivity contribution in [3.8, 4) is 0 Å². The normalized spacial score (nSPS) is 27.5. The summed E-state index contributed by atoms with van der Waals surface area (Å²) in [4.78, 5) is 2.77. The van der Waals surface area contributed by atoms with Crippen LogP contribution in [0.25, 0.3) is 0 Å². The second-order valence-electron chi connectivity index (χ2n) is 7.65. The molecule has 1 fully saturated rings. The molecule has 0 amide bonds. The molecule has 1 rings (SSSR count). The molecule has 2 nitrogen and oxygen atoms in total. The average molecular weight is 268 g/mol. The van der Waals surface area contributed by atoms with E-state index < -0.39 is 0 Å². The zero-order valence-electron chi connectivity index (χ0n) is 14.1. The number of hydrogen-bond donors (Lipinski definition) is 1. The third-order valence-corrected chi connectivity index (χ3v) is 4.67. The number of rotatable bonds is 6.